The average Bonchev–Trinajstić information content (AvgIpc) is 2.41. The van der Waals surface area contributed by atoms with Crippen molar-refractivity contribution in [3.63, 3.8) is 0 Å². The zero-order valence-electron chi connectivity index (χ0n) is 11.9. The molecule has 1 heteroatoms. The van der Waals surface area contributed by atoms with Crippen molar-refractivity contribution in [3.05, 3.63) is 71.3 Å². The highest BCUT2D eigenvalue weighted by Crippen LogP contribution is 2.45. The number of aryl methyl sites for hydroxylation is 1. The topological polar surface area (TPSA) is 17.1 Å². The van der Waals surface area contributed by atoms with Crippen molar-refractivity contribution in [2.45, 2.75) is 38.0 Å². The minimum absolute atomic E-state index is 0.216. The standard InChI is InChI=1S/C19H20O/c1-15-8-10-16(11-9-15)14-18(20)19(12-5-13-19)17-6-3-2-4-7-17/h2-4,6-11H,5,12-14H2,1H3. The third-order valence-corrected chi connectivity index (χ3v) is 4.55. The Morgan fingerprint density at radius 1 is 1.00 bits per heavy atom. The van der Waals surface area contributed by atoms with Crippen LogP contribution in [0.5, 0.6) is 0 Å². The summed E-state index contributed by atoms with van der Waals surface area (Å²) in [6.07, 6.45) is 3.72. The molecule has 102 valence electrons. The zero-order valence-corrected chi connectivity index (χ0v) is 11.9. The van der Waals surface area contributed by atoms with E-state index in [4.69, 9.17) is 0 Å². The maximum atomic E-state index is 12.8. The predicted octanol–water partition coefficient (Wildman–Crippen LogP) is 4.23. The Balaban J connectivity index is 1.83. The van der Waals surface area contributed by atoms with E-state index in [9.17, 15) is 4.79 Å². The van der Waals surface area contributed by atoms with Crippen LogP contribution >= 0.6 is 0 Å². The van der Waals surface area contributed by atoms with Crippen LogP contribution in [0.2, 0.25) is 0 Å². The first-order valence-electron chi connectivity index (χ1n) is 7.35. The predicted molar refractivity (Wildman–Crippen MR) is 81.9 cm³/mol. The zero-order chi connectivity index (χ0) is 14.0. The molecule has 0 saturated heterocycles. The number of ketones is 1. The molecule has 0 aliphatic heterocycles. The molecule has 1 aliphatic carbocycles. The summed E-state index contributed by atoms with van der Waals surface area (Å²) in [5.74, 6) is 0.374. The minimum Gasteiger partial charge on any atom is -0.298 e. The fourth-order valence-electron chi connectivity index (χ4n) is 3.08. The van der Waals surface area contributed by atoms with Gasteiger partial charge in [-0.3, -0.25) is 4.79 Å². The van der Waals surface area contributed by atoms with Crippen LogP contribution < -0.4 is 0 Å². The van der Waals surface area contributed by atoms with E-state index in [1.807, 2.05) is 18.2 Å². The fraction of sp³-hybridized carbons (Fsp3) is 0.316. The van der Waals surface area contributed by atoms with Crippen LogP contribution in [0.3, 0.4) is 0 Å². The average molecular weight is 264 g/mol. The number of rotatable bonds is 4. The molecule has 0 radical (unpaired) electrons. The molecule has 20 heavy (non-hydrogen) atoms. The van der Waals surface area contributed by atoms with E-state index in [0.717, 1.165) is 24.8 Å². The lowest BCUT2D eigenvalue weighted by atomic mass is 9.61. The van der Waals surface area contributed by atoms with Crippen LogP contribution in [0.1, 0.15) is 36.0 Å². The van der Waals surface area contributed by atoms with Gasteiger partial charge in [0.05, 0.1) is 5.41 Å². The Labute approximate surface area is 120 Å². The Bertz CT molecular complexity index is 591. The number of Topliss-reactive ketones (excluding diaryl/α,β-unsaturated/α-hetero) is 1. The SMILES string of the molecule is Cc1ccc(CC(=O)C2(c3ccccc3)CCC2)cc1. The van der Waals surface area contributed by atoms with Gasteiger partial charge in [0.15, 0.2) is 0 Å². The number of carbonyl (C=O) groups excluding carboxylic acids is 1. The highest BCUT2D eigenvalue weighted by molar-refractivity contribution is 5.92. The van der Waals surface area contributed by atoms with E-state index in [2.05, 4.69) is 43.3 Å². The van der Waals surface area contributed by atoms with Gasteiger partial charge >= 0.3 is 0 Å². The van der Waals surface area contributed by atoms with Crippen molar-refractivity contribution in [3.8, 4) is 0 Å². The van der Waals surface area contributed by atoms with Crippen molar-refractivity contribution in [2.24, 2.45) is 0 Å². The molecule has 0 unspecified atom stereocenters. The lowest BCUT2D eigenvalue weighted by Crippen LogP contribution is -2.43. The van der Waals surface area contributed by atoms with Crippen LogP contribution in [-0.4, -0.2) is 5.78 Å². The van der Waals surface area contributed by atoms with Gasteiger partial charge in [-0.05, 0) is 30.9 Å². The van der Waals surface area contributed by atoms with Crippen LogP contribution in [0.4, 0.5) is 0 Å². The Hall–Kier alpha value is -1.89. The summed E-state index contributed by atoms with van der Waals surface area (Å²) in [5.41, 5.74) is 3.35. The van der Waals surface area contributed by atoms with E-state index < -0.39 is 0 Å². The van der Waals surface area contributed by atoms with Gasteiger partial charge < -0.3 is 0 Å². The van der Waals surface area contributed by atoms with Gasteiger partial charge in [-0.2, -0.15) is 0 Å². The molecule has 0 bridgehead atoms. The van der Waals surface area contributed by atoms with Gasteiger partial charge in [0, 0.05) is 6.42 Å². The summed E-state index contributed by atoms with van der Waals surface area (Å²) in [6.45, 7) is 2.07. The molecule has 2 aromatic carbocycles. The maximum absolute atomic E-state index is 12.8. The monoisotopic (exact) mass is 264 g/mol. The number of hydrogen-bond donors (Lipinski definition) is 0. The molecule has 1 nitrogen and oxygen atoms in total. The third-order valence-electron chi connectivity index (χ3n) is 4.55. The Morgan fingerprint density at radius 3 is 2.20 bits per heavy atom. The van der Waals surface area contributed by atoms with Gasteiger partial charge in [0.25, 0.3) is 0 Å². The number of carbonyl (C=O) groups is 1. The van der Waals surface area contributed by atoms with Gasteiger partial charge in [-0.1, -0.05) is 66.6 Å². The number of hydrogen-bond acceptors (Lipinski definition) is 1. The van der Waals surface area contributed by atoms with Crippen molar-refractivity contribution in [1.29, 1.82) is 0 Å². The van der Waals surface area contributed by atoms with Gasteiger partial charge in [-0.15, -0.1) is 0 Å². The molecule has 3 rings (SSSR count). The first-order valence-corrected chi connectivity index (χ1v) is 7.35. The smallest absolute Gasteiger partial charge is 0.147 e. The van der Waals surface area contributed by atoms with Crippen molar-refractivity contribution < 1.29 is 4.79 Å². The highest BCUT2D eigenvalue weighted by atomic mass is 16.1. The summed E-state index contributed by atoms with van der Waals surface area (Å²) in [6, 6.07) is 18.6. The van der Waals surface area contributed by atoms with Crippen molar-refractivity contribution in [2.75, 3.05) is 0 Å². The fourth-order valence-corrected chi connectivity index (χ4v) is 3.08. The summed E-state index contributed by atoms with van der Waals surface area (Å²) < 4.78 is 0. The summed E-state index contributed by atoms with van der Waals surface area (Å²) in [5, 5.41) is 0. The largest absolute Gasteiger partial charge is 0.298 e. The van der Waals surface area contributed by atoms with E-state index >= 15 is 0 Å². The molecule has 0 spiro atoms. The second kappa shape index (κ2) is 5.24. The van der Waals surface area contributed by atoms with Crippen LogP contribution in [0.25, 0.3) is 0 Å². The molecule has 1 fully saturated rings. The number of benzene rings is 2. The quantitative estimate of drug-likeness (QED) is 0.807. The molecule has 2 aromatic rings. The molecular formula is C19H20O. The molecule has 0 N–H and O–H groups in total. The molecule has 0 atom stereocenters. The second-order valence-corrected chi connectivity index (χ2v) is 5.89. The van der Waals surface area contributed by atoms with E-state index in [1.54, 1.807) is 0 Å². The van der Waals surface area contributed by atoms with Gasteiger partial charge in [0.2, 0.25) is 0 Å². The normalized spacial score (nSPS) is 16.4. The van der Waals surface area contributed by atoms with Gasteiger partial charge in [0.1, 0.15) is 5.78 Å². The van der Waals surface area contributed by atoms with E-state index in [0.29, 0.717) is 12.2 Å². The van der Waals surface area contributed by atoms with E-state index in [-0.39, 0.29) is 5.41 Å². The van der Waals surface area contributed by atoms with E-state index in [1.165, 1.54) is 11.1 Å². The van der Waals surface area contributed by atoms with Crippen LogP contribution in [0.15, 0.2) is 54.6 Å². The molecule has 0 heterocycles. The lowest BCUT2D eigenvalue weighted by Gasteiger charge is -2.41. The molecule has 0 amide bonds. The Morgan fingerprint density at radius 2 is 1.65 bits per heavy atom. The maximum Gasteiger partial charge on any atom is 0.147 e. The highest BCUT2D eigenvalue weighted by Gasteiger charge is 2.44. The van der Waals surface area contributed by atoms with Gasteiger partial charge in [-0.25, -0.2) is 0 Å². The van der Waals surface area contributed by atoms with Crippen LogP contribution in [-0.2, 0) is 16.6 Å². The lowest BCUT2D eigenvalue weighted by molar-refractivity contribution is -0.127. The summed E-state index contributed by atoms with van der Waals surface area (Å²) >= 11 is 0. The Kier molecular flexibility index (Phi) is 3.43. The summed E-state index contributed by atoms with van der Waals surface area (Å²) in [4.78, 5) is 12.8. The molecule has 1 saturated carbocycles. The van der Waals surface area contributed by atoms with Crippen molar-refractivity contribution in [1.82, 2.24) is 0 Å². The van der Waals surface area contributed by atoms with Crippen molar-refractivity contribution >= 4 is 5.78 Å². The minimum atomic E-state index is -0.216. The summed E-state index contributed by atoms with van der Waals surface area (Å²) in [7, 11) is 0. The second-order valence-electron chi connectivity index (χ2n) is 5.89. The molecule has 0 aromatic heterocycles. The van der Waals surface area contributed by atoms with Crippen LogP contribution in [0, 0.1) is 6.92 Å². The molecular weight excluding hydrogens is 244 g/mol. The molecule has 1 aliphatic rings. The first kappa shape index (κ1) is 13.1. The first-order chi connectivity index (χ1) is 9.71. The third kappa shape index (κ3) is 2.29.